The van der Waals surface area contributed by atoms with Crippen molar-refractivity contribution in [1.82, 2.24) is 9.73 Å². The molecule has 0 atom stereocenters. The number of benzene rings is 3. The molecule has 0 aliphatic rings. The largest absolute Gasteiger partial charge is 0.484 e. The number of carbonyl (C=O) groups is 2. The molecule has 0 spiro atoms. The van der Waals surface area contributed by atoms with E-state index in [4.69, 9.17) is 10.5 Å². The first-order valence-corrected chi connectivity index (χ1v) is 13.1. The van der Waals surface area contributed by atoms with Gasteiger partial charge in [0.2, 0.25) is 10.0 Å². The molecular weight excluding hydrogens is 548 g/mol. The number of rotatable bonds is 12. The Morgan fingerprint density at radius 3 is 2.31 bits per heavy atom. The van der Waals surface area contributed by atoms with Gasteiger partial charge in [-0.05, 0) is 66.1 Å². The SMILES string of the molecule is NC(=O)COc1ccc(C=NNC(=O)CN(CCc2ccccc2)S(=O)(=O)c2ccc(Br)cc2)cc1. The van der Waals surface area contributed by atoms with E-state index < -0.39 is 28.4 Å². The number of hydrogen-bond acceptors (Lipinski definition) is 6. The number of sulfonamides is 1. The van der Waals surface area contributed by atoms with Gasteiger partial charge in [-0.3, -0.25) is 9.59 Å². The maximum absolute atomic E-state index is 13.3. The minimum absolute atomic E-state index is 0.0914. The van der Waals surface area contributed by atoms with Crippen molar-refractivity contribution in [1.29, 1.82) is 0 Å². The van der Waals surface area contributed by atoms with Crippen LogP contribution in [0.2, 0.25) is 0 Å². The van der Waals surface area contributed by atoms with Gasteiger partial charge in [-0.1, -0.05) is 46.3 Å². The van der Waals surface area contributed by atoms with Crippen LogP contribution in [0, 0.1) is 0 Å². The van der Waals surface area contributed by atoms with E-state index in [1.807, 2.05) is 30.3 Å². The van der Waals surface area contributed by atoms with Crippen LogP contribution in [0.3, 0.4) is 0 Å². The van der Waals surface area contributed by atoms with Crippen LogP contribution in [0.5, 0.6) is 5.75 Å². The molecule has 11 heteroatoms. The van der Waals surface area contributed by atoms with E-state index in [-0.39, 0.29) is 18.0 Å². The van der Waals surface area contributed by atoms with E-state index in [2.05, 4.69) is 26.5 Å². The number of nitrogens with zero attached hydrogens (tertiary/aromatic N) is 2. The topological polar surface area (TPSA) is 131 Å². The number of ether oxygens (including phenoxy) is 1. The zero-order valence-electron chi connectivity index (χ0n) is 19.2. The predicted octanol–water partition coefficient (Wildman–Crippen LogP) is 2.70. The van der Waals surface area contributed by atoms with E-state index in [1.54, 1.807) is 36.4 Å². The molecular formula is C25H25BrN4O5S. The first kappa shape index (κ1) is 27.1. The molecule has 0 aliphatic carbocycles. The monoisotopic (exact) mass is 572 g/mol. The molecule has 0 saturated carbocycles. The zero-order valence-corrected chi connectivity index (χ0v) is 21.6. The van der Waals surface area contributed by atoms with Crippen molar-refractivity contribution in [3.8, 4) is 5.75 Å². The molecule has 0 fully saturated rings. The summed E-state index contributed by atoms with van der Waals surface area (Å²) in [7, 11) is -3.92. The lowest BCUT2D eigenvalue weighted by atomic mass is 10.1. The quantitative estimate of drug-likeness (QED) is 0.254. The highest BCUT2D eigenvalue weighted by atomic mass is 79.9. The summed E-state index contributed by atoms with van der Waals surface area (Å²) in [5.74, 6) is -0.702. The molecule has 3 aromatic rings. The number of halogens is 1. The third kappa shape index (κ3) is 8.29. The van der Waals surface area contributed by atoms with Gasteiger partial charge in [0, 0.05) is 11.0 Å². The Balaban J connectivity index is 1.66. The molecule has 0 aromatic heterocycles. The molecule has 3 rings (SSSR count). The van der Waals surface area contributed by atoms with Gasteiger partial charge in [0.1, 0.15) is 5.75 Å². The number of primary amides is 1. The van der Waals surface area contributed by atoms with Crippen LogP contribution in [0.4, 0.5) is 0 Å². The Kier molecular flexibility index (Phi) is 9.74. The van der Waals surface area contributed by atoms with E-state index in [0.717, 1.165) is 14.3 Å². The zero-order chi connectivity index (χ0) is 26.0. The number of hydrazone groups is 1. The Labute approximate surface area is 218 Å². The fourth-order valence-electron chi connectivity index (χ4n) is 3.12. The van der Waals surface area contributed by atoms with Gasteiger partial charge in [-0.15, -0.1) is 0 Å². The predicted molar refractivity (Wildman–Crippen MR) is 140 cm³/mol. The lowest BCUT2D eigenvalue weighted by Crippen LogP contribution is -2.40. The van der Waals surface area contributed by atoms with Gasteiger partial charge in [-0.25, -0.2) is 13.8 Å². The van der Waals surface area contributed by atoms with Gasteiger partial charge >= 0.3 is 0 Å². The molecule has 36 heavy (non-hydrogen) atoms. The number of nitrogens with one attached hydrogen (secondary N) is 1. The summed E-state index contributed by atoms with van der Waals surface area (Å²) in [5.41, 5.74) is 9.03. The second kappa shape index (κ2) is 13.0. The van der Waals surface area contributed by atoms with Crippen LogP contribution in [0.1, 0.15) is 11.1 Å². The second-order valence-corrected chi connectivity index (χ2v) is 10.5. The normalized spacial score (nSPS) is 11.5. The highest BCUT2D eigenvalue weighted by Crippen LogP contribution is 2.19. The molecule has 0 bridgehead atoms. The van der Waals surface area contributed by atoms with Crippen LogP contribution in [0.25, 0.3) is 0 Å². The fourth-order valence-corrected chi connectivity index (χ4v) is 4.78. The lowest BCUT2D eigenvalue weighted by molar-refractivity contribution is -0.121. The Hall–Kier alpha value is -3.54. The molecule has 188 valence electrons. The van der Waals surface area contributed by atoms with E-state index >= 15 is 0 Å². The number of hydrogen-bond donors (Lipinski definition) is 2. The van der Waals surface area contributed by atoms with Crippen LogP contribution < -0.4 is 15.9 Å². The molecule has 0 radical (unpaired) electrons. The minimum Gasteiger partial charge on any atom is -0.484 e. The third-order valence-electron chi connectivity index (χ3n) is 4.93. The first-order valence-electron chi connectivity index (χ1n) is 10.9. The average Bonchev–Trinajstić information content (AvgIpc) is 2.87. The van der Waals surface area contributed by atoms with Crippen molar-refractivity contribution in [3.05, 3.63) is 94.5 Å². The second-order valence-electron chi connectivity index (χ2n) is 7.65. The molecule has 9 nitrogen and oxygen atoms in total. The summed E-state index contributed by atoms with van der Waals surface area (Å²) in [6.45, 7) is -0.512. The summed E-state index contributed by atoms with van der Waals surface area (Å²) in [4.78, 5) is 23.5. The Morgan fingerprint density at radius 1 is 1.00 bits per heavy atom. The average molecular weight is 573 g/mol. The van der Waals surface area contributed by atoms with Crippen LogP contribution in [-0.2, 0) is 26.0 Å². The molecule has 3 aromatic carbocycles. The van der Waals surface area contributed by atoms with Crippen LogP contribution in [0.15, 0.2) is 93.3 Å². The van der Waals surface area contributed by atoms with Gasteiger partial charge < -0.3 is 10.5 Å². The van der Waals surface area contributed by atoms with Gasteiger partial charge in [0.25, 0.3) is 11.8 Å². The van der Waals surface area contributed by atoms with Gasteiger partial charge in [-0.2, -0.15) is 9.41 Å². The minimum atomic E-state index is -3.92. The van der Waals surface area contributed by atoms with Crippen LogP contribution >= 0.6 is 15.9 Å². The van der Waals surface area contributed by atoms with E-state index in [9.17, 15) is 18.0 Å². The van der Waals surface area contributed by atoms with Crippen LogP contribution in [-0.4, -0.2) is 50.4 Å². The van der Waals surface area contributed by atoms with Gasteiger partial charge in [0.05, 0.1) is 17.7 Å². The maximum Gasteiger partial charge on any atom is 0.255 e. The molecule has 0 unspecified atom stereocenters. The molecule has 0 aliphatic heterocycles. The van der Waals surface area contributed by atoms with Crippen molar-refractivity contribution in [2.45, 2.75) is 11.3 Å². The lowest BCUT2D eigenvalue weighted by Gasteiger charge is -2.21. The Morgan fingerprint density at radius 2 is 1.67 bits per heavy atom. The van der Waals surface area contributed by atoms with Gasteiger partial charge in [0.15, 0.2) is 6.61 Å². The first-order chi connectivity index (χ1) is 17.2. The Bertz CT molecular complexity index is 1300. The molecule has 0 heterocycles. The number of nitrogens with two attached hydrogens (primary N) is 1. The summed E-state index contributed by atoms with van der Waals surface area (Å²) in [6, 6.07) is 22.3. The summed E-state index contributed by atoms with van der Waals surface area (Å²) >= 11 is 3.30. The van der Waals surface area contributed by atoms with Crippen molar-refractivity contribution < 1.29 is 22.7 Å². The summed E-state index contributed by atoms with van der Waals surface area (Å²) in [6.07, 6.45) is 1.85. The number of carbonyl (C=O) groups excluding carboxylic acids is 2. The standard InChI is InChI=1S/C25H25BrN4O5S/c26-21-8-12-23(13-9-21)36(33,34)30(15-14-19-4-2-1-3-5-19)17-25(32)29-28-16-20-6-10-22(11-7-20)35-18-24(27)31/h1-13,16H,14-15,17-18H2,(H2,27,31)(H,29,32). The van der Waals surface area contributed by atoms with Crippen molar-refractivity contribution >= 4 is 44.0 Å². The smallest absolute Gasteiger partial charge is 0.255 e. The highest BCUT2D eigenvalue weighted by molar-refractivity contribution is 9.10. The molecule has 0 saturated heterocycles. The molecule has 2 amide bonds. The summed E-state index contributed by atoms with van der Waals surface area (Å²) in [5, 5.41) is 3.92. The third-order valence-corrected chi connectivity index (χ3v) is 7.32. The van der Waals surface area contributed by atoms with Crippen molar-refractivity contribution in [3.63, 3.8) is 0 Å². The van der Waals surface area contributed by atoms with Crippen molar-refractivity contribution in [2.75, 3.05) is 19.7 Å². The van der Waals surface area contributed by atoms with E-state index in [1.165, 1.54) is 18.3 Å². The number of amides is 2. The van der Waals surface area contributed by atoms with E-state index in [0.29, 0.717) is 17.7 Å². The maximum atomic E-state index is 13.3. The summed E-state index contributed by atoms with van der Waals surface area (Å²) < 4.78 is 33.6. The fraction of sp³-hybridized carbons (Fsp3) is 0.160. The van der Waals surface area contributed by atoms with Crippen molar-refractivity contribution in [2.24, 2.45) is 10.8 Å². The highest BCUT2D eigenvalue weighted by Gasteiger charge is 2.26. The molecule has 3 N–H and O–H groups in total.